The van der Waals surface area contributed by atoms with Crippen LogP contribution in [-0.4, -0.2) is 37.0 Å². The smallest absolute Gasteiger partial charge is 0.260 e. The average molecular weight is 278 g/mol. The number of amides is 1. The van der Waals surface area contributed by atoms with Crippen molar-refractivity contribution < 1.29 is 9.53 Å². The van der Waals surface area contributed by atoms with Gasteiger partial charge in [-0.1, -0.05) is 25.1 Å². The summed E-state index contributed by atoms with van der Waals surface area (Å²) in [5.74, 6) is 0.863. The van der Waals surface area contributed by atoms with Crippen molar-refractivity contribution >= 4 is 5.91 Å². The van der Waals surface area contributed by atoms with E-state index in [0.29, 0.717) is 0 Å². The SMILES string of the molecule is CCNCc1cccc(C)c1OCC(=O)N(CC)CC. The maximum Gasteiger partial charge on any atom is 0.260 e. The van der Waals surface area contributed by atoms with Gasteiger partial charge in [-0.05, 0) is 32.9 Å². The van der Waals surface area contributed by atoms with Crippen molar-refractivity contribution in [2.24, 2.45) is 0 Å². The fourth-order valence-corrected chi connectivity index (χ4v) is 2.12. The van der Waals surface area contributed by atoms with E-state index in [4.69, 9.17) is 4.74 Å². The van der Waals surface area contributed by atoms with Gasteiger partial charge in [0.1, 0.15) is 5.75 Å². The van der Waals surface area contributed by atoms with Crippen LogP contribution in [0, 0.1) is 6.92 Å². The van der Waals surface area contributed by atoms with Gasteiger partial charge >= 0.3 is 0 Å². The molecule has 0 fully saturated rings. The van der Waals surface area contributed by atoms with Gasteiger partial charge in [-0.3, -0.25) is 4.79 Å². The Kier molecular flexibility index (Phi) is 7.09. The third-order valence-electron chi connectivity index (χ3n) is 3.32. The number of likely N-dealkylation sites (N-methyl/N-ethyl adjacent to an activating group) is 1. The molecule has 1 amide bonds. The minimum atomic E-state index is 0.0349. The Balaban J connectivity index is 2.73. The lowest BCUT2D eigenvalue weighted by Crippen LogP contribution is -2.34. The largest absolute Gasteiger partial charge is 0.483 e. The zero-order valence-electron chi connectivity index (χ0n) is 13.0. The van der Waals surface area contributed by atoms with Crippen LogP contribution in [0.25, 0.3) is 0 Å². The van der Waals surface area contributed by atoms with Crippen LogP contribution < -0.4 is 10.1 Å². The second-order valence-electron chi connectivity index (χ2n) is 4.70. The number of nitrogens with zero attached hydrogens (tertiary/aromatic N) is 1. The maximum absolute atomic E-state index is 12.0. The van der Waals surface area contributed by atoms with Crippen LogP contribution in [0.1, 0.15) is 31.9 Å². The summed E-state index contributed by atoms with van der Waals surface area (Å²) < 4.78 is 5.78. The Labute approximate surface area is 122 Å². The first-order valence-corrected chi connectivity index (χ1v) is 7.33. The van der Waals surface area contributed by atoms with Gasteiger partial charge in [0.05, 0.1) is 0 Å². The van der Waals surface area contributed by atoms with E-state index in [1.807, 2.05) is 39.0 Å². The summed E-state index contributed by atoms with van der Waals surface area (Å²) in [6.45, 7) is 11.2. The van der Waals surface area contributed by atoms with Gasteiger partial charge in [0, 0.05) is 25.2 Å². The van der Waals surface area contributed by atoms with Crippen molar-refractivity contribution in [2.45, 2.75) is 34.2 Å². The van der Waals surface area contributed by atoms with Gasteiger partial charge in [-0.2, -0.15) is 0 Å². The number of rotatable bonds is 8. The monoisotopic (exact) mass is 278 g/mol. The molecule has 4 nitrogen and oxygen atoms in total. The summed E-state index contributed by atoms with van der Waals surface area (Å²) in [5.41, 5.74) is 2.16. The van der Waals surface area contributed by atoms with Crippen LogP contribution in [-0.2, 0) is 11.3 Å². The summed E-state index contributed by atoms with van der Waals surface area (Å²) in [6.07, 6.45) is 0. The van der Waals surface area contributed by atoms with Crippen molar-refractivity contribution in [3.05, 3.63) is 29.3 Å². The van der Waals surface area contributed by atoms with E-state index in [2.05, 4.69) is 12.2 Å². The lowest BCUT2D eigenvalue weighted by Gasteiger charge is -2.20. The third-order valence-corrected chi connectivity index (χ3v) is 3.32. The van der Waals surface area contributed by atoms with Crippen molar-refractivity contribution in [2.75, 3.05) is 26.2 Å². The summed E-state index contributed by atoms with van der Waals surface area (Å²) in [6, 6.07) is 6.06. The number of ether oxygens (including phenoxy) is 1. The molecule has 0 atom stereocenters. The van der Waals surface area contributed by atoms with Gasteiger partial charge in [0.15, 0.2) is 6.61 Å². The molecule has 0 radical (unpaired) electrons. The Morgan fingerprint density at radius 1 is 1.25 bits per heavy atom. The van der Waals surface area contributed by atoms with Gasteiger partial charge in [-0.25, -0.2) is 0 Å². The van der Waals surface area contributed by atoms with Crippen LogP contribution in [0.4, 0.5) is 0 Å². The van der Waals surface area contributed by atoms with Crippen molar-refractivity contribution in [3.63, 3.8) is 0 Å². The molecular formula is C16H26N2O2. The number of aryl methyl sites for hydroxylation is 1. The van der Waals surface area contributed by atoms with Crippen LogP contribution >= 0.6 is 0 Å². The summed E-state index contributed by atoms with van der Waals surface area (Å²) in [7, 11) is 0. The van der Waals surface area contributed by atoms with E-state index in [9.17, 15) is 4.79 Å². The second-order valence-corrected chi connectivity index (χ2v) is 4.70. The molecule has 0 spiro atoms. The van der Waals surface area contributed by atoms with E-state index in [1.165, 1.54) is 0 Å². The number of hydrogen-bond donors (Lipinski definition) is 1. The molecule has 0 heterocycles. The van der Waals surface area contributed by atoms with E-state index in [1.54, 1.807) is 4.90 Å². The molecule has 0 aliphatic heterocycles. The van der Waals surface area contributed by atoms with Crippen LogP contribution in [0.15, 0.2) is 18.2 Å². The highest BCUT2D eigenvalue weighted by atomic mass is 16.5. The molecule has 0 unspecified atom stereocenters. The zero-order valence-corrected chi connectivity index (χ0v) is 13.0. The van der Waals surface area contributed by atoms with Crippen molar-refractivity contribution in [1.29, 1.82) is 0 Å². The van der Waals surface area contributed by atoms with E-state index in [0.717, 1.165) is 43.1 Å². The first-order chi connectivity index (χ1) is 9.63. The van der Waals surface area contributed by atoms with Crippen LogP contribution in [0.2, 0.25) is 0 Å². The number of hydrogen-bond acceptors (Lipinski definition) is 3. The fourth-order valence-electron chi connectivity index (χ4n) is 2.12. The van der Waals surface area contributed by atoms with Crippen LogP contribution in [0.3, 0.4) is 0 Å². The van der Waals surface area contributed by atoms with Crippen molar-refractivity contribution in [3.8, 4) is 5.75 Å². The normalized spacial score (nSPS) is 10.4. The molecule has 0 aliphatic carbocycles. The number of carbonyl (C=O) groups excluding carboxylic acids is 1. The Bertz CT molecular complexity index is 428. The highest BCUT2D eigenvalue weighted by Crippen LogP contribution is 2.23. The molecule has 1 aromatic carbocycles. The molecular weight excluding hydrogens is 252 g/mol. The quantitative estimate of drug-likeness (QED) is 0.793. The topological polar surface area (TPSA) is 41.6 Å². The molecule has 0 saturated carbocycles. The third kappa shape index (κ3) is 4.53. The predicted octanol–water partition coefficient (Wildman–Crippen LogP) is 2.35. The standard InChI is InChI=1S/C16H26N2O2/c1-5-17-11-14-10-8-9-13(4)16(14)20-12-15(19)18(6-2)7-3/h8-10,17H,5-7,11-12H2,1-4H3. The predicted molar refractivity (Wildman–Crippen MR) is 82.0 cm³/mol. The molecule has 4 heteroatoms. The van der Waals surface area contributed by atoms with E-state index >= 15 is 0 Å². The lowest BCUT2D eigenvalue weighted by atomic mass is 10.1. The van der Waals surface area contributed by atoms with Gasteiger partial charge in [0.25, 0.3) is 5.91 Å². The average Bonchev–Trinajstić information content (AvgIpc) is 2.45. The lowest BCUT2D eigenvalue weighted by molar-refractivity contribution is -0.132. The minimum Gasteiger partial charge on any atom is -0.483 e. The van der Waals surface area contributed by atoms with E-state index in [-0.39, 0.29) is 12.5 Å². The zero-order chi connectivity index (χ0) is 15.0. The van der Waals surface area contributed by atoms with E-state index < -0.39 is 0 Å². The molecule has 20 heavy (non-hydrogen) atoms. The minimum absolute atomic E-state index is 0.0349. The molecule has 112 valence electrons. The Morgan fingerprint density at radius 3 is 2.55 bits per heavy atom. The molecule has 0 bridgehead atoms. The van der Waals surface area contributed by atoms with Crippen LogP contribution in [0.5, 0.6) is 5.75 Å². The van der Waals surface area contributed by atoms with Crippen molar-refractivity contribution in [1.82, 2.24) is 10.2 Å². The number of para-hydroxylation sites is 1. The molecule has 1 N–H and O–H groups in total. The highest BCUT2D eigenvalue weighted by Gasteiger charge is 2.13. The molecule has 0 aliphatic rings. The molecule has 0 aromatic heterocycles. The van der Waals surface area contributed by atoms with Gasteiger partial charge < -0.3 is 15.0 Å². The summed E-state index contributed by atoms with van der Waals surface area (Å²) in [5, 5.41) is 3.29. The molecule has 1 aromatic rings. The molecule has 0 saturated heterocycles. The van der Waals surface area contributed by atoms with Gasteiger partial charge in [-0.15, -0.1) is 0 Å². The maximum atomic E-state index is 12.0. The molecule has 1 rings (SSSR count). The number of benzene rings is 1. The van der Waals surface area contributed by atoms with Gasteiger partial charge in [0.2, 0.25) is 0 Å². The first kappa shape index (κ1) is 16.5. The Morgan fingerprint density at radius 2 is 1.95 bits per heavy atom. The number of carbonyl (C=O) groups is 1. The Hall–Kier alpha value is -1.55. The fraction of sp³-hybridized carbons (Fsp3) is 0.562. The summed E-state index contributed by atoms with van der Waals surface area (Å²) in [4.78, 5) is 13.8. The summed E-state index contributed by atoms with van der Waals surface area (Å²) >= 11 is 0. The second kappa shape index (κ2) is 8.59. The highest BCUT2D eigenvalue weighted by molar-refractivity contribution is 5.77. The number of nitrogens with one attached hydrogen (secondary N) is 1. The first-order valence-electron chi connectivity index (χ1n) is 7.33.